The summed E-state index contributed by atoms with van der Waals surface area (Å²) in [6.45, 7) is 2.99. The first-order valence-corrected chi connectivity index (χ1v) is 11.9. The lowest BCUT2D eigenvalue weighted by molar-refractivity contribution is 0.177. The highest BCUT2D eigenvalue weighted by atomic mass is 35.5. The van der Waals surface area contributed by atoms with E-state index in [1.165, 1.54) is 10.7 Å². The van der Waals surface area contributed by atoms with Crippen molar-refractivity contribution in [1.82, 2.24) is 24.5 Å². The van der Waals surface area contributed by atoms with Gasteiger partial charge in [0.2, 0.25) is 5.95 Å². The molecule has 11 nitrogen and oxygen atoms in total. The lowest BCUT2D eigenvalue weighted by Crippen LogP contribution is -2.32. The van der Waals surface area contributed by atoms with Crippen molar-refractivity contribution < 1.29 is 5.11 Å². The Hall–Kier alpha value is -3.64. The number of aliphatic hydroxyl groups excluding tert-OH is 1. The number of nitrogens with zero attached hydrogens (tertiary/aromatic N) is 8. The molecule has 1 saturated heterocycles. The maximum absolute atomic E-state index is 9.77. The second-order valence-electron chi connectivity index (χ2n) is 8.95. The van der Waals surface area contributed by atoms with E-state index in [1.807, 2.05) is 11.9 Å². The molecule has 0 radical (unpaired) electrons. The van der Waals surface area contributed by atoms with Gasteiger partial charge in [0.1, 0.15) is 6.07 Å². The molecule has 1 saturated carbocycles. The van der Waals surface area contributed by atoms with Crippen molar-refractivity contribution >= 4 is 40.4 Å². The molecular formula is C23H25ClN10O. The third-order valence-corrected chi connectivity index (χ3v) is 6.63. The van der Waals surface area contributed by atoms with Gasteiger partial charge in [-0.1, -0.05) is 11.6 Å². The molecule has 180 valence electrons. The van der Waals surface area contributed by atoms with Crippen LogP contribution in [0.3, 0.4) is 0 Å². The van der Waals surface area contributed by atoms with Crippen molar-refractivity contribution in [1.29, 1.82) is 10.5 Å². The third kappa shape index (κ3) is 4.93. The zero-order valence-electron chi connectivity index (χ0n) is 19.2. The molecule has 2 aromatic heterocycles. The normalized spacial score (nSPS) is 17.8. The minimum Gasteiger partial charge on any atom is -0.392 e. The molecule has 0 unspecified atom stereocenters. The molecule has 1 aliphatic carbocycles. The van der Waals surface area contributed by atoms with Crippen LogP contribution in [0.5, 0.6) is 0 Å². The maximum atomic E-state index is 9.77. The summed E-state index contributed by atoms with van der Waals surface area (Å²) in [6.07, 6.45) is 4.08. The minimum absolute atomic E-state index is 0.229. The van der Waals surface area contributed by atoms with Crippen molar-refractivity contribution in [2.75, 3.05) is 48.8 Å². The minimum atomic E-state index is -0.268. The third-order valence-electron chi connectivity index (χ3n) is 6.23. The van der Waals surface area contributed by atoms with Crippen LogP contribution in [0.2, 0.25) is 5.02 Å². The molecule has 5 rings (SSSR count). The summed E-state index contributed by atoms with van der Waals surface area (Å²) < 4.78 is 1.44. The predicted molar refractivity (Wildman–Crippen MR) is 132 cm³/mol. The number of hydrogen-bond donors (Lipinski definition) is 3. The van der Waals surface area contributed by atoms with E-state index in [2.05, 4.69) is 42.7 Å². The molecule has 2 fully saturated rings. The highest BCUT2D eigenvalue weighted by molar-refractivity contribution is 6.36. The molecule has 3 aromatic rings. The van der Waals surface area contributed by atoms with Crippen molar-refractivity contribution in [3.63, 3.8) is 0 Å². The quantitative estimate of drug-likeness (QED) is 0.429. The number of fused-ring (bicyclic) bond motifs is 1. The number of nitriles is 2. The molecular weight excluding hydrogens is 468 g/mol. The Labute approximate surface area is 207 Å². The van der Waals surface area contributed by atoms with Crippen molar-refractivity contribution in [2.45, 2.75) is 31.4 Å². The van der Waals surface area contributed by atoms with Gasteiger partial charge in [-0.3, -0.25) is 4.90 Å². The van der Waals surface area contributed by atoms with Crippen molar-refractivity contribution in [3.05, 3.63) is 34.6 Å². The number of rotatable bonds is 8. The number of imidazole rings is 1. The predicted octanol–water partition coefficient (Wildman–Crippen LogP) is 2.34. The Kier molecular flexibility index (Phi) is 6.31. The number of halogens is 1. The number of hydrogen-bond acceptors (Lipinski definition) is 10. The molecule has 35 heavy (non-hydrogen) atoms. The number of nitrogens with one attached hydrogen (secondary N) is 2. The van der Waals surface area contributed by atoms with E-state index < -0.39 is 0 Å². The SMILES string of the molecule is CN(CCN1CC[C@@H](O)C1)c1cc(C#N)cc(Nc2nc(NC3CC3)c3ncc(C#N)n3n2)c1Cl. The molecule has 12 heteroatoms. The fourth-order valence-electron chi connectivity index (χ4n) is 4.12. The summed E-state index contributed by atoms with van der Waals surface area (Å²) in [5, 5.41) is 40.2. The van der Waals surface area contributed by atoms with Crippen LogP contribution < -0.4 is 15.5 Å². The number of likely N-dealkylation sites (tertiary alicyclic amines) is 1. The lowest BCUT2D eigenvalue weighted by Gasteiger charge is -2.25. The number of aromatic nitrogens is 4. The number of likely N-dealkylation sites (N-methyl/N-ethyl adjacent to an activating group) is 1. The first-order chi connectivity index (χ1) is 16.9. The summed E-state index contributed by atoms with van der Waals surface area (Å²) in [6, 6.07) is 8.00. The van der Waals surface area contributed by atoms with Crippen molar-refractivity contribution in [2.24, 2.45) is 0 Å². The molecule has 2 aliphatic rings. The van der Waals surface area contributed by atoms with E-state index in [-0.39, 0.29) is 17.7 Å². The van der Waals surface area contributed by atoms with Gasteiger partial charge in [0.15, 0.2) is 17.2 Å². The largest absolute Gasteiger partial charge is 0.392 e. The number of β-amino-alcohol motifs (C(OH)–C–C–N with tert-alkyl or cyclic N) is 1. The van der Waals surface area contributed by atoms with Gasteiger partial charge in [0.05, 0.1) is 40.3 Å². The second-order valence-corrected chi connectivity index (χ2v) is 9.33. The van der Waals surface area contributed by atoms with Gasteiger partial charge in [-0.2, -0.15) is 20.0 Å². The summed E-state index contributed by atoms with van der Waals surface area (Å²) in [7, 11) is 1.92. The van der Waals surface area contributed by atoms with E-state index in [1.54, 1.807) is 12.1 Å². The van der Waals surface area contributed by atoms with Crippen LogP contribution in [0.4, 0.5) is 23.1 Å². The Morgan fingerprint density at radius 1 is 1.26 bits per heavy atom. The molecule has 0 amide bonds. The number of benzene rings is 1. The Bertz CT molecular complexity index is 1340. The smallest absolute Gasteiger partial charge is 0.247 e. The number of anilines is 4. The van der Waals surface area contributed by atoms with Crippen LogP contribution in [0.15, 0.2) is 18.3 Å². The second kappa shape index (κ2) is 9.55. The highest BCUT2D eigenvalue weighted by Crippen LogP contribution is 2.36. The first-order valence-electron chi connectivity index (χ1n) is 11.5. The van der Waals surface area contributed by atoms with Gasteiger partial charge < -0.3 is 20.6 Å². The zero-order chi connectivity index (χ0) is 24.5. The van der Waals surface area contributed by atoms with Gasteiger partial charge in [-0.05, 0) is 31.4 Å². The molecule has 1 aliphatic heterocycles. The van der Waals surface area contributed by atoms with E-state index >= 15 is 0 Å². The fourth-order valence-corrected chi connectivity index (χ4v) is 4.42. The van der Waals surface area contributed by atoms with Gasteiger partial charge in [-0.25, -0.2) is 4.98 Å². The van der Waals surface area contributed by atoms with Gasteiger partial charge >= 0.3 is 0 Å². The zero-order valence-corrected chi connectivity index (χ0v) is 20.0. The fraction of sp³-hybridized carbons (Fsp3) is 0.435. The summed E-state index contributed by atoms with van der Waals surface area (Å²) in [5.41, 5.74) is 2.38. The van der Waals surface area contributed by atoms with E-state index in [0.29, 0.717) is 52.6 Å². The van der Waals surface area contributed by atoms with Crippen LogP contribution in [0.25, 0.3) is 5.65 Å². The van der Waals surface area contributed by atoms with Gasteiger partial charge in [-0.15, -0.1) is 5.10 Å². The summed E-state index contributed by atoms with van der Waals surface area (Å²) in [5.74, 6) is 0.760. The van der Waals surface area contributed by atoms with E-state index in [9.17, 15) is 15.6 Å². The monoisotopic (exact) mass is 492 g/mol. The Morgan fingerprint density at radius 3 is 2.77 bits per heavy atom. The maximum Gasteiger partial charge on any atom is 0.247 e. The van der Waals surface area contributed by atoms with Crippen LogP contribution in [0, 0.1) is 22.7 Å². The summed E-state index contributed by atoms with van der Waals surface area (Å²) >= 11 is 6.78. The van der Waals surface area contributed by atoms with E-state index in [0.717, 1.165) is 32.4 Å². The number of aliphatic hydroxyl groups is 1. The van der Waals surface area contributed by atoms with E-state index in [4.69, 9.17) is 11.6 Å². The van der Waals surface area contributed by atoms with Crippen LogP contribution in [0.1, 0.15) is 30.5 Å². The van der Waals surface area contributed by atoms with Crippen molar-refractivity contribution in [3.8, 4) is 12.1 Å². The molecule has 1 aromatic carbocycles. The van der Waals surface area contributed by atoms with Gasteiger partial charge in [0, 0.05) is 39.3 Å². The average molecular weight is 493 g/mol. The molecule has 3 N–H and O–H groups in total. The molecule has 1 atom stereocenters. The lowest BCUT2D eigenvalue weighted by atomic mass is 10.1. The topological polar surface area (TPSA) is 141 Å². The first kappa shape index (κ1) is 23.1. The van der Waals surface area contributed by atoms with Crippen LogP contribution in [-0.2, 0) is 0 Å². The van der Waals surface area contributed by atoms with Crippen LogP contribution in [-0.4, -0.2) is 75.0 Å². The van der Waals surface area contributed by atoms with Gasteiger partial charge in [0.25, 0.3) is 0 Å². The highest BCUT2D eigenvalue weighted by Gasteiger charge is 2.25. The molecule has 0 spiro atoms. The average Bonchev–Trinajstić information content (AvgIpc) is 3.41. The Morgan fingerprint density at radius 2 is 2.09 bits per heavy atom. The van der Waals surface area contributed by atoms with Crippen LogP contribution >= 0.6 is 11.6 Å². The summed E-state index contributed by atoms with van der Waals surface area (Å²) in [4.78, 5) is 13.1. The Balaban J connectivity index is 1.44. The molecule has 0 bridgehead atoms. The standard InChI is InChI=1S/C23H25ClN10O/c1-32(6-7-33-5-4-17(35)13-33)19-9-14(10-25)8-18(20(19)24)29-23-30-21(28-15-2-3-15)22-27-12-16(11-26)34(22)31-23/h8-9,12,15,17,35H,2-7,13H2,1H3,(H2,28,29,30,31)/t17-/m1/s1. The molecule has 3 heterocycles.